The third-order valence-corrected chi connectivity index (χ3v) is 10.7. The monoisotopic (exact) mass is 706 g/mol. The second kappa shape index (κ2) is 13.7. The Morgan fingerprint density at radius 3 is 1.58 bits per heavy atom. The van der Waals surface area contributed by atoms with Gasteiger partial charge in [0, 0.05) is 41.8 Å². The molecule has 0 spiro atoms. The fourth-order valence-corrected chi connectivity index (χ4v) is 7.20. The molecule has 48 heavy (non-hydrogen) atoms. The molecule has 3 aliphatic rings. The number of carbonyl (C=O) groups excluding carboxylic acids is 2. The summed E-state index contributed by atoms with van der Waals surface area (Å²) in [6, 6.07) is 31.8. The lowest BCUT2D eigenvalue weighted by Crippen LogP contribution is -2.41. The number of rotatable bonds is 3. The molecular formula is C40H44BBrN2O4. The van der Waals surface area contributed by atoms with E-state index in [2.05, 4.69) is 93.9 Å². The van der Waals surface area contributed by atoms with Gasteiger partial charge in [-0.2, -0.15) is 0 Å². The summed E-state index contributed by atoms with van der Waals surface area (Å²) in [5.74, 6) is 0.866. The molecule has 248 valence electrons. The molecule has 0 N–H and O–H groups in total. The first-order chi connectivity index (χ1) is 22.8. The second-order valence-corrected chi connectivity index (χ2v) is 15.2. The minimum absolute atomic E-state index is 0.0825. The van der Waals surface area contributed by atoms with Crippen molar-refractivity contribution in [1.82, 2.24) is 9.80 Å². The van der Waals surface area contributed by atoms with E-state index in [1.807, 2.05) is 70.5 Å². The van der Waals surface area contributed by atoms with E-state index in [1.54, 1.807) is 0 Å². The highest BCUT2D eigenvalue weighted by molar-refractivity contribution is 9.10. The minimum Gasteiger partial charge on any atom is -0.399 e. The van der Waals surface area contributed by atoms with Crippen LogP contribution in [0.3, 0.4) is 0 Å². The summed E-state index contributed by atoms with van der Waals surface area (Å²) in [5.41, 5.74) is 6.85. The van der Waals surface area contributed by atoms with Gasteiger partial charge in [0.1, 0.15) is 0 Å². The Labute approximate surface area is 293 Å². The molecule has 8 heteroatoms. The predicted molar refractivity (Wildman–Crippen MR) is 195 cm³/mol. The van der Waals surface area contributed by atoms with Crippen molar-refractivity contribution in [3.8, 4) is 0 Å². The van der Waals surface area contributed by atoms with Gasteiger partial charge in [-0.3, -0.25) is 9.59 Å². The van der Waals surface area contributed by atoms with Crippen LogP contribution in [0.2, 0.25) is 0 Å². The average Bonchev–Trinajstić information content (AvgIpc) is 3.30. The maximum absolute atomic E-state index is 12.9. The molecule has 4 aromatic carbocycles. The molecule has 6 nitrogen and oxygen atoms in total. The van der Waals surface area contributed by atoms with Crippen molar-refractivity contribution in [2.24, 2.45) is 0 Å². The number of nitrogens with zero attached hydrogens (tertiary/aromatic N) is 2. The Balaban J connectivity index is 0.000000177. The van der Waals surface area contributed by atoms with E-state index in [4.69, 9.17) is 9.31 Å². The van der Waals surface area contributed by atoms with Gasteiger partial charge in [0.25, 0.3) is 11.8 Å². The first-order valence-corrected chi connectivity index (χ1v) is 17.6. The largest absolute Gasteiger partial charge is 0.494 e. The number of benzene rings is 4. The maximum atomic E-state index is 12.9. The van der Waals surface area contributed by atoms with Crippen molar-refractivity contribution in [1.29, 1.82) is 0 Å². The molecule has 3 aliphatic heterocycles. The zero-order valence-electron chi connectivity index (χ0n) is 28.7. The summed E-state index contributed by atoms with van der Waals surface area (Å²) < 4.78 is 13.5. The van der Waals surface area contributed by atoms with E-state index < -0.39 is 0 Å². The highest BCUT2D eigenvalue weighted by Gasteiger charge is 2.51. The van der Waals surface area contributed by atoms with E-state index >= 15 is 0 Å². The predicted octanol–water partition coefficient (Wildman–Crippen LogP) is 7.95. The molecular weight excluding hydrogens is 663 g/mol. The number of hydrogen-bond acceptors (Lipinski definition) is 4. The van der Waals surface area contributed by atoms with Crippen molar-refractivity contribution >= 4 is 40.3 Å². The molecule has 0 saturated carbocycles. The van der Waals surface area contributed by atoms with Crippen molar-refractivity contribution in [2.75, 3.05) is 13.1 Å². The van der Waals surface area contributed by atoms with Crippen LogP contribution in [0, 0.1) is 0 Å². The maximum Gasteiger partial charge on any atom is 0.494 e. The standard InChI is InChI=1S/C23H28BNO3.C17H16BrNO/c1-16-14-25(21(26)17-9-7-6-8-10-17)15-18-13-19(11-12-20(16)18)24-27-22(2,3)23(4,5)28-24;1-12-10-19(17(20)13-5-3-2-4-6-13)11-14-9-15(18)7-8-16(12)14/h6-13,16H,14-15H2,1-5H3;2-9,12H,10-11H2,1H3. The van der Waals surface area contributed by atoms with Crippen LogP contribution in [0.4, 0.5) is 0 Å². The van der Waals surface area contributed by atoms with Crippen LogP contribution in [0.15, 0.2) is 102 Å². The molecule has 1 saturated heterocycles. The summed E-state index contributed by atoms with van der Waals surface area (Å²) in [6.07, 6.45) is 0. The Kier molecular flexibility index (Phi) is 9.72. The Hall–Kier alpha value is -3.72. The summed E-state index contributed by atoms with van der Waals surface area (Å²) in [7, 11) is -0.384. The van der Waals surface area contributed by atoms with Gasteiger partial charge in [0.05, 0.1) is 11.2 Å². The SMILES string of the molecule is CC1CN(C(=O)c2ccccc2)Cc2cc(B3OC(C)(C)C(C)(C)O3)ccc21.CC1CN(C(=O)c2ccccc2)Cc2cc(Br)ccc21. The van der Waals surface area contributed by atoms with E-state index in [9.17, 15) is 9.59 Å². The fraction of sp³-hybridized carbons (Fsp3) is 0.350. The molecule has 3 heterocycles. The van der Waals surface area contributed by atoms with E-state index in [1.165, 1.54) is 22.3 Å². The van der Waals surface area contributed by atoms with Crippen molar-refractivity contribution in [3.63, 3.8) is 0 Å². The lowest BCUT2D eigenvalue weighted by Gasteiger charge is -2.33. The van der Waals surface area contributed by atoms with Gasteiger partial charge < -0.3 is 19.1 Å². The van der Waals surface area contributed by atoms with Gasteiger partial charge in [0.2, 0.25) is 0 Å². The van der Waals surface area contributed by atoms with Gasteiger partial charge in [-0.05, 0) is 104 Å². The second-order valence-electron chi connectivity index (χ2n) is 14.3. The normalized spacial score (nSPS) is 20.7. The van der Waals surface area contributed by atoms with Gasteiger partial charge in [-0.1, -0.05) is 90.4 Å². The minimum atomic E-state index is -0.384. The van der Waals surface area contributed by atoms with E-state index in [0.29, 0.717) is 24.9 Å². The first-order valence-electron chi connectivity index (χ1n) is 16.8. The van der Waals surface area contributed by atoms with E-state index in [-0.39, 0.29) is 30.1 Å². The molecule has 2 unspecified atom stereocenters. The quantitative estimate of drug-likeness (QED) is 0.203. The topological polar surface area (TPSA) is 59.1 Å². The third-order valence-electron chi connectivity index (χ3n) is 10.2. The molecule has 2 amide bonds. The number of carbonyl (C=O) groups is 2. The summed E-state index contributed by atoms with van der Waals surface area (Å²) in [4.78, 5) is 29.4. The zero-order valence-corrected chi connectivity index (χ0v) is 30.3. The summed E-state index contributed by atoms with van der Waals surface area (Å²) in [6.45, 7) is 15.4. The molecule has 4 aromatic rings. The van der Waals surface area contributed by atoms with Crippen LogP contribution in [0.1, 0.15) is 96.3 Å². The fourth-order valence-electron chi connectivity index (χ4n) is 6.80. The average molecular weight is 708 g/mol. The molecule has 0 bridgehead atoms. The number of amides is 2. The van der Waals surface area contributed by atoms with Crippen LogP contribution < -0.4 is 5.46 Å². The number of fused-ring (bicyclic) bond motifs is 2. The molecule has 7 rings (SSSR count). The van der Waals surface area contributed by atoms with Gasteiger partial charge in [0.15, 0.2) is 0 Å². The lowest BCUT2D eigenvalue weighted by atomic mass is 9.76. The van der Waals surface area contributed by atoms with Crippen LogP contribution in [-0.4, -0.2) is 53.0 Å². The molecule has 0 radical (unpaired) electrons. The van der Waals surface area contributed by atoms with Crippen molar-refractivity contribution in [3.05, 3.63) is 135 Å². The Morgan fingerprint density at radius 2 is 1.10 bits per heavy atom. The Bertz CT molecular complexity index is 1780. The number of hydrogen-bond donors (Lipinski definition) is 0. The van der Waals surface area contributed by atoms with Gasteiger partial charge in [-0.25, -0.2) is 0 Å². The van der Waals surface area contributed by atoms with E-state index in [0.717, 1.165) is 34.2 Å². The summed E-state index contributed by atoms with van der Waals surface area (Å²) in [5, 5.41) is 0. The highest BCUT2D eigenvalue weighted by Crippen LogP contribution is 2.37. The Morgan fingerprint density at radius 1 is 0.667 bits per heavy atom. The summed E-state index contributed by atoms with van der Waals surface area (Å²) >= 11 is 3.51. The van der Waals surface area contributed by atoms with Gasteiger partial charge in [-0.15, -0.1) is 0 Å². The number of halogens is 1. The van der Waals surface area contributed by atoms with Crippen molar-refractivity contribution in [2.45, 2.75) is 77.7 Å². The molecule has 0 aromatic heterocycles. The van der Waals surface area contributed by atoms with Crippen LogP contribution in [-0.2, 0) is 22.4 Å². The molecule has 0 aliphatic carbocycles. The lowest BCUT2D eigenvalue weighted by molar-refractivity contribution is 0.00578. The third kappa shape index (κ3) is 7.03. The zero-order chi connectivity index (χ0) is 34.2. The van der Waals surface area contributed by atoms with Crippen LogP contribution in [0.25, 0.3) is 0 Å². The molecule has 1 fully saturated rings. The van der Waals surface area contributed by atoms with Crippen molar-refractivity contribution < 1.29 is 18.9 Å². The first kappa shape index (κ1) is 34.2. The molecule has 2 atom stereocenters. The highest BCUT2D eigenvalue weighted by atomic mass is 79.9. The van der Waals surface area contributed by atoms with Crippen LogP contribution >= 0.6 is 15.9 Å². The van der Waals surface area contributed by atoms with Crippen LogP contribution in [0.5, 0.6) is 0 Å². The smallest absolute Gasteiger partial charge is 0.399 e. The van der Waals surface area contributed by atoms with Gasteiger partial charge >= 0.3 is 7.12 Å².